The van der Waals surface area contributed by atoms with Gasteiger partial charge in [0.25, 0.3) is 10.1 Å². The van der Waals surface area contributed by atoms with Crippen LogP contribution in [0.3, 0.4) is 0 Å². The summed E-state index contributed by atoms with van der Waals surface area (Å²) in [7, 11) is 0.783. The Morgan fingerprint density at radius 3 is 1.50 bits per heavy atom. The fourth-order valence-corrected chi connectivity index (χ4v) is 7.03. The van der Waals surface area contributed by atoms with Gasteiger partial charge in [-0.1, -0.05) is 60.2 Å². The predicted octanol–water partition coefficient (Wildman–Crippen LogP) is 7.07. The molecule has 0 spiro atoms. The first-order chi connectivity index (χ1) is 25.2. The third kappa shape index (κ3) is 10.7. The van der Waals surface area contributed by atoms with Crippen LogP contribution in [-0.2, 0) is 53.1 Å². The van der Waals surface area contributed by atoms with Gasteiger partial charge in [0.15, 0.2) is 0 Å². The number of hydrogen-bond donors (Lipinski definition) is 0. The van der Waals surface area contributed by atoms with Crippen LogP contribution < -0.4 is 14.2 Å². The van der Waals surface area contributed by atoms with Crippen molar-refractivity contribution in [3.63, 3.8) is 0 Å². The lowest BCUT2D eigenvalue weighted by Crippen LogP contribution is -2.58. The second-order valence-corrected chi connectivity index (χ2v) is 14.2. The zero-order valence-corrected chi connectivity index (χ0v) is 31.0. The van der Waals surface area contributed by atoms with Gasteiger partial charge in [0.1, 0.15) is 29.5 Å². The molecule has 1 aliphatic rings. The maximum absolute atomic E-state index is 13.4. The minimum Gasteiger partial charge on any atom is -0.497 e. The first-order valence-corrected chi connectivity index (χ1v) is 18.6. The molecular weight excluding hydrogens is 685 g/mol. The molecule has 10 nitrogen and oxygen atoms in total. The van der Waals surface area contributed by atoms with Gasteiger partial charge in [0.05, 0.1) is 71.5 Å². The normalized spacial score (nSPS) is 20.3. The first kappa shape index (κ1) is 39.0. The van der Waals surface area contributed by atoms with Crippen molar-refractivity contribution in [2.24, 2.45) is 5.92 Å². The molecule has 0 aliphatic heterocycles. The number of methoxy groups -OCH3 is 3. The Morgan fingerprint density at radius 1 is 0.615 bits per heavy atom. The summed E-state index contributed by atoms with van der Waals surface area (Å²) in [6.07, 6.45) is -0.413. The van der Waals surface area contributed by atoms with Gasteiger partial charge in [-0.25, -0.2) is 0 Å². The van der Waals surface area contributed by atoms with Crippen molar-refractivity contribution in [1.29, 1.82) is 0 Å². The molecule has 5 atom stereocenters. The van der Waals surface area contributed by atoms with Crippen LogP contribution in [0.25, 0.3) is 0 Å². The Morgan fingerprint density at radius 2 is 1.06 bits per heavy atom. The van der Waals surface area contributed by atoms with Crippen molar-refractivity contribution in [3.05, 3.63) is 132 Å². The summed E-state index contributed by atoms with van der Waals surface area (Å²) in [6, 6.07) is 29.4. The van der Waals surface area contributed by atoms with E-state index in [2.05, 4.69) is 6.58 Å². The highest BCUT2D eigenvalue weighted by molar-refractivity contribution is 7.86. The van der Waals surface area contributed by atoms with Gasteiger partial charge in [-0.15, -0.1) is 6.58 Å². The molecule has 278 valence electrons. The van der Waals surface area contributed by atoms with Gasteiger partial charge in [-0.05, 0) is 78.6 Å². The fourth-order valence-electron chi connectivity index (χ4n) is 6.07. The Bertz CT molecular complexity index is 1780. The lowest BCUT2D eigenvalue weighted by atomic mass is 9.80. The van der Waals surface area contributed by atoms with Crippen molar-refractivity contribution < 1.29 is 45.8 Å². The smallest absolute Gasteiger partial charge is 0.296 e. The van der Waals surface area contributed by atoms with Crippen molar-refractivity contribution >= 4 is 10.1 Å². The number of rotatable bonds is 19. The highest BCUT2D eigenvalue weighted by Crippen LogP contribution is 2.36. The molecule has 11 heteroatoms. The van der Waals surface area contributed by atoms with Crippen LogP contribution >= 0.6 is 0 Å². The third-order valence-electron chi connectivity index (χ3n) is 8.99. The monoisotopic (exact) mass is 732 g/mol. The maximum Gasteiger partial charge on any atom is 0.296 e. The molecule has 1 aliphatic carbocycles. The van der Waals surface area contributed by atoms with Gasteiger partial charge in [-0.2, -0.15) is 8.42 Å². The van der Waals surface area contributed by atoms with Gasteiger partial charge in [0.2, 0.25) is 0 Å². The van der Waals surface area contributed by atoms with Crippen LogP contribution in [0.1, 0.15) is 28.7 Å². The molecule has 1 fully saturated rings. The quantitative estimate of drug-likeness (QED) is 0.0734. The van der Waals surface area contributed by atoms with E-state index in [1.165, 1.54) is 0 Å². The second kappa shape index (κ2) is 19.0. The third-order valence-corrected chi connectivity index (χ3v) is 10.3. The Balaban J connectivity index is 1.48. The zero-order chi connectivity index (χ0) is 36.9. The predicted molar refractivity (Wildman–Crippen MR) is 197 cm³/mol. The molecule has 1 saturated carbocycles. The maximum atomic E-state index is 13.4. The van der Waals surface area contributed by atoms with Crippen molar-refractivity contribution in [2.45, 2.75) is 62.5 Å². The second-order valence-electron chi connectivity index (χ2n) is 12.6. The molecule has 0 aromatic heterocycles. The Hall–Kier alpha value is -4.23. The van der Waals surface area contributed by atoms with Crippen molar-refractivity contribution in [3.8, 4) is 17.2 Å². The summed E-state index contributed by atoms with van der Waals surface area (Å²) in [5.41, 5.74) is 3.69. The van der Waals surface area contributed by atoms with Crippen molar-refractivity contribution in [1.82, 2.24) is 0 Å². The SMILES string of the molecule is C=CCO[C@@H]1C[C@H](COS(=O)(=O)c2ccc(C)cc2)[C@@H](OCc2ccc(OC)cc2)[C@H](OCc2ccc(OC)cc2)[C@H]1OCc1ccc(OC)cc1. The fraction of sp³-hybridized carbons (Fsp3) is 0.366. The average Bonchev–Trinajstić information content (AvgIpc) is 3.18. The molecule has 0 saturated heterocycles. The van der Waals surface area contributed by atoms with Gasteiger partial charge in [0, 0.05) is 5.92 Å². The summed E-state index contributed by atoms with van der Waals surface area (Å²) in [5.74, 6) is 1.73. The standard InChI is InChI=1S/C41H48O10S/c1-6-23-47-38-24-33(28-51-52(42,43)37-21-7-29(2)8-22-37)39(48-25-30-9-15-34(44-3)16-10-30)41(50-27-32-13-19-36(46-5)20-14-32)40(38)49-26-31-11-17-35(45-4)18-12-31/h6-22,33,38-41H,1,23-28H2,2-5H3/t33-,38-,39-,40+,41+/m1/s1. The van der Waals surface area contributed by atoms with Gasteiger partial charge >= 0.3 is 0 Å². The molecule has 0 bridgehead atoms. The Kier molecular flexibility index (Phi) is 14.3. The van der Waals surface area contributed by atoms with E-state index in [1.807, 2.05) is 79.7 Å². The van der Waals surface area contributed by atoms with E-state index >= 15 is 0 Å². The molecule has 0 unspecified atom stereocenters. The highest BCUT2D eigenvalue weighted by atomic mass is 32.2. The van der Waals surface area contributed by atoms with E-state index in [9.17, 15) is 8.42 Å². The minimum atomic E-state index is -4.07. The van der Waals surface area contributed by atoms with E-state index in [-0.39, 0.29) is 37.9 Å². The van der Waals surface area contributed by atoms with Crippen LogP contribution in [0.15, 0.2) is 115 Å². The van der Waals surface area contributed by atoms with E-state index in [0.29, 0.717) is 6.42 Å². The molecule has 0 heterocycles. The molecule has 52 heavy (non-hydrogen) atoms. The topological polar surface area (TPSA) is 108 Å². The zero-order valence-electron chi connectivity index (χ0n) is 30.1. The molecule has 0 N–H and O–H groups in total. The molecular formula is C41H48O10S. The highest BCUT2D eigenvalue weighted by Gasteiger charge is 2.48. The van der Waals surface area contributed by atoms with Crippen LogP contribution in [-0.4, -0.2) is 67.4 Å². The molecule has 5 rings (SSSR count). The number of hydrogen-bond acceptors (Lipinski definition) is 10. The molecule has 0 radical (unpaired) electrons. The number of benzene rings is 4. The number of aryl methyl sites for hydroxylation is 1. The lowest BCUT2D eigenvalue weighted by Gasteiger charge is -2.46. The average molecular weight is 733 g/mol. The molecule has 0 amide bonds. The van der Waals surface area contributed by atoms with E-state index in [4.69, 9.17) is 37.3 Å². The summed E-state index contributed by atoms with van der Waals surface area (Å²) >= 11 is 0. The summed E-state index contributed by atoms with van der Waals surface area (Å²) < 4.78 is 75.1. The number of ether oxygens (including phenoxy) is 7. The molecule has 4 aromatic carbocycles. The van der Waals surface area contributed by atoms with Crippen LogP contribution in [0.4, 0.5) is 0 Å². The largest absolute Gasteiger partial charge is 0.497 e. The van der Waals surface area contributed by atoms with E-state index < -0.39 is 40.5 Å². The summed E-state index contributed by atoms with van der Waals surface area (Å²) in [6.45, 7) is 6.55. The van der Waals surface area contributed by atoms with E-state index in [0.717, 1.165) is 39.5 Å². The van der Waals surface area contributed by atoms with Crippen LogP contribution in [0.2, 0.25) is 0 Å². The van der Waals surface area contributed by atoms with E-state index in [1.54, 1.807) is 51.7 Å². The van der Waals surface area contributed by atoms with Gasteiger partial charge in [-0.3, -0.25) is 4.18 Å². The van der Waals surface area contributed by atoms with Gasteiger partial charge < -0.3 is 33.2 Å². The lowest BCUT2D eigenvalue weighted by molar-refractivity contribution is -0.228. The van der Waals surface area contributed by atoms with Crippen LogP contribution in [0, 0.1) is 12.8 Å². The first-order valence-electron chi connectivity index (χ1n) is 17.1. The summed E-state index contributed by atoms with van der Waals surface area (Å²) in [4.78, 5) is 0.0806. The Labute approximate surface area is 307 Å². The minimum absolute atomic E-state index is 0.0806. The molecule has 4 aromatic rings. The van der Waals surface area contributed by atoms with Crippen molar-refractivity contribution in [2.75, 3.05) is 34.5 Å². The van der Waals surface area contributed by atoms with Crippen LogP contribution in [0.5, 0.6) is 17.2 Å². The summed E-state index contributed by atoms with van der Waals surface area (Å²) in [5, 5.41) is 0.